The van der Waals surface area contributed by atoms with Crippen LogP contribution in [0.1, 0.15) is 29.2 Å². The van der Waals surface area contributed by atoms with E-state index in [9.17, 15) is 13.2 Å². The molecule has 1 fully saturated rings. The Morgan fingerprint density at radius 2 is 1.50 bits per heavy atom. The van der Waals surface area contributed by atoms with E-state index in [1.165, 1.54) is 12.1 Å². The summed E-state index contributed by atoms with van der Waals surface area (Å²) >= 11 is 0. The van der Waals surface area contributed by atoms with Crippen LogP contribution in [0.4, 0.5) is 13.2 Å². The summed E-state index contributed by atoms with van der Waals surface area (Å²) in [6.45, 7) is 3.67. The highest BCUT2D eigenvalue weighted by atomic mass is 19.4. The second-order valence-electron chi connectivity index (χ2n) is 6.07. The highest BCUT2D eigenvalue weighted by molar-refractivity contribution is 5.34. The molecule has 1 aliphatic heterocycles. The number of alkyl halides is 3. The number of hydrogen-bond donors (Lipinski definition) is 1. The quantitative estimate of drug-likeness (QED) is 0.909. The predicted octanol–water partition coefficient (Wildman–Crippen LogP) is 4.09. The molecular formula is C19H21F3N2. The van der Waals surface area contributed by atoms with E-state index in [-0.39, 0.29) is 6.04 Å². The zero-order valence-corrected chi connectivity index (χ0v) is 13.4. The van der Waals surface area contributed by atoms with Crippen molar-refractivity contribution in [3.63, 3.8) is 0 Å². The van der Waals surface area contributed by atoms with Gasteiger partial charge in [-0.05, 0) is 36.2 Å². The molecule has 128 valence electrons. The van der Waals surface area contributed by atoms with Crippen molar-refractivity contribution >= 4 is 0 Å². The Balaban J connectivity index is 1.95. The maximum atomic E-state index is 12.8. The summed E-state index contributed by atoms with van der Waals surface area (Å²) in [6, 6.07) is 15.6. The number of benzene rings is 2. The molecule has 0 saturated carbocycles. The van der Waals surface area contributed by atoms with E-state index in [1.54, 1.807) is 12.1 Å². The Labute approximate surface area is 140 Å². The summed E-state index contributed by atoms with van der Waals surface area (Å²) in [4.78, 5) is 2.35. The number of rotatable bonds is 3. The maximum Gasteiger partial charge on any atom is 0.416 e. The molecule has 1 aliphatic rings. The van der Waals surface area contributed by atoms with Crippen LogP contribution >= 0.6 is 0 Å². The average Bonchev–Trinajstić information content (AvgIpc) is 2.85. The number of halogens is 3. The maximum absolute atomic E-state index is 12.8. The van der Waals surface area contributed by atoms with Crippen molar-refractivity contribution in [2.45, 2.75) is 18.6 Å². The van der Waals surface area contributed by atoms with Gasteiger partial charge in [-0.1, -0.05) is 42.5 Å². The first kappa shape index (κ1) is 17.0. The van der Waals surface area contributed by atoms with E-state index in [4.69, 9.17) is 0 Å². The highest BCUT2D eigenvalue weighted by Gasteiger charge is 2.31. The summed E-state index contributed by atoms with van der Waals surface area (Å²) in [7, 11) is 0. The minimum Gasteiger partial charge on any atom is -0.315 e. The van der Waals surface area contributed by atoms with Crippen LogP contribution in [0.25, 0.3) is 0 Å². The largest absolute Gasteiger partial charge is 0.416 e. The lowest BCUT2D eigenvalue weighted by molar-refractivity contribution is -0.137. The van der Waals surface area contributed by atoms with Gasteiger partial charge in [0.2, 0.25) is 0 Å². The predicted molar refractivity (Wildman–Crippen MR) is 88.8 cm³/mol. The van der Waals surface area contributed by atoms with E-state index in [0.29, 0.717) is 0 Å². The lowest BCUT2D eigenvalue weighted by atomic mass is 9.96. The summed E-state index contributed by atoms with van der Waals surface area (Å²) < 4.78 is 38.5. The fourth-order valence-electron chi connectivity index (χ4n) is 3.23. The molecule has 1 heterocycles. The van der Waals surface area contributed by atoms with Crippen LogP contribution in [0.3, 0.4) is 0 Å². The smallest absolute Gasteiger partial charge is 0.315 e. The average molecular weight is 334 g/mol. The van der Waals surface area contributed by atoms with Crippen LogP contribution in [0.15, 0.2) is 54.6 Å². The van der Waals surface area contributed by atoms with Crippen molar-refractivity contribution in [3.05, 3.63) is 71.3 Å². The summed E-state index contributed by atoms with van der Waals surface area (Å²) in [5, 5.41) is 3.37. The van der Waals surface area contributed by atoms with Gasteiger partial charge in [0.05, 0.1) is 11.6 Å². The van der Waals surface area contributed by atoms with Gasteiger partial charge in [-0.25, -0.2) is 0 Å². The zero-order chi connectivity index (χ0) is 17.0. The Kier molecular flexibility index (Phi) is 5.21. The third kappa shape index (κ3) is 3.97. The summed E-state index contributed by atoms with van der Waals surface area (Å²) in [6.07, 6.45) is -3.27. The molecule has 2 aromatic carbocycles. The molecule has 0 spiro atoms. The highest BCUT2D eigenvalue weighted by Crippen LogP contribution is 2.33. The first-order valence-corrected chi connectivity index (χ1v) is 8.22. The fourth-order valence-corrected chi connectivity index (χ4v) is 3.23. The summed E-state index contributed by atoms with van der Waals surface area (Å²) in [5.41, 5.74) is 1.41. The number of hydrogen-bond acceptors (Lipinski definition) is 2. The van der Waals surface area contributed by atoms with Crippen molar-refractivity contribution in [3.8, 4) is 0 Å². The van der Waals surface area contributed by atoms with Gasteiger partial charge >= 0.3 is 6.18 Å². The molecule has 24 heavy (non-hydrogen) atoms. The molecule has 2 aromatic rings. The van der Waals surface area contributed by atoms with E-state index >= 15 is 0 Å². The lowest BCUT2D eigenvalue weighted by Gasteiger charge is -2.31. The van der Waals surface area contributed by atoms with E-state index < -0.39 is 11.7 Å². The van der Waals surface area contributed by atoms with Gasteiger partial charge in [0.15, 0.2) is 0 Å². The first-order valence-electron chi connectivity index (χ1n) is 8.22. The molecule has 0 aromatic heterocycles. The Morgan fingerprint density at radius 3 is 2.17 bits per heavy atom. The molecule has 1 N–H and O–H groups in total. The Morgan fingerprint density at radius 1 is 0.833 bits per heavy atom. The van der Waals surface area contributed by atoms with Crippen LogP contribution in [0.2, 0.25) is 0 Å². The molecule has 0 radical (unpaired) electrons. The van der Waals surface area contributed by atoms with Crippen LogP contribution in [0, 0.1) is 0 Å². The van der Waals surface area contributed by atoms with E-state index in [1.807, 2.05) is 30.3 Å². The van der Waals surface area contributed by atoms with Crippen LogP contribution < -0.4 is 5.32 Å². The van der Waals surface area contributed by atoms with Crippen LogP contribution in [0.5, 0.6) is 0 Å². The lowest BCUT2D eigenvalue weighted by Crippen LogP contribution is -2.33. The topological polar surface area (TPSA) is 15.3 Å². The van der Waals surface area contributed by atoms with E-state index in [2.05, 4.69) is 10.2 Å². The standard InChI is InChI=1S/C19H21F3N2/c20-19(21,22)17-9-7-16(8-10-17)18(15-5-2-1-3-6-15)24-13-4-11-23-12-14-24/h1-3,5-10,18,23H,4,11-14H2. The molecule has 1 atom stereocenters. The third-order valence-electron chi connectivity index (χ3n) is 4.41. The fraction of sp³-hybridized carbons (Fsp3) is 0.368. The van der Waals surface area contributed by atoms with Crippen LogP contribution in [-0.4, -0.2) is 31.1 Å². The first-order chi connectivity index (χ1) is 11.6. The number of nitrogens with zero attached hydrogens (tertiary/aromatic N) is 1. The molecule has 3 rings (SSSR count). The van der Waals surface area contributed by atoms with Crippen molar-refractivity contribution < 1.29 is 13.2 Å². The van der Waals surface area contributed by atoms with Gasteiger partial charge in [0.25, 0.3) is 0 Å². The van der Waals surface area contributed by atoms with Gasteiger partial charge < -0.3 is 5.32 Å². The zero-order valence-electron chi connectivity index (χ0n) is 13.4. The molecule has 1 saturated heterocycles. The van der Waals surface area contributed by atoms with Gasteiger partial charge in [-0.2, -0.15) is 13.2 Å². The molecule has 2 nitrogen and oxygen atoms in total. The Hall–Kier alpha value is -1.85. The minimum atomic E-state index is -4.30. The van der Waals surface area contributed by atoms with E-state index in [0.717, 1.165) is 43.7 Å². The molecular weight excluding hydrogens is 313 g/mol. The van der Waals surface area contributed by atoms with Crippen molar-refractivity contribution in [1.29, 1.82) is 0 Å². The molecule has 5 heteroatoms. The van der Waals surface area contributed by atoms with Gasteiger partial charge in [-0.3, -0.25) is 4.90 Å². The van der Waals surface area contributed by atoms with Crippen LogP contribution in [-0.2, 0) is 6.18 Å². The molecule has 1 unspecified atom stereocenters. The molecule has 0 aliphatic carbocycles. The monoisotopic (exact) mass is 334 g/mol. The van der Waals surface area contributed by atoms with Gasteiger partial charge in [0.1, 0.15) is 0 Å². The second-order valence-corrected chi connectivity index (χ2v) is 6.07. The minimum absolute atomic E-state index is 0.0200. The van der Waals surface area contributed by atoms with Gasteiger partial charge in [-0.15, -0.1) is 0 Å². The third-order valence-corrected chi connectivity index (χ3v) is 4.41. The van der Waals surface area contributed by atoms with Crippen molar-refractivity contribution in [2.75, 3.05) is 26.2 Å². The SMILES string of the molecule is FC(F)(F)c1ccc(C(c2ccccc2)N2CCCNCC2)cc1. The van der Waals surface area contributed by atoms with Crippen molar-refractivity contribution in [2.24, 2.45) is 0 Å². The second kappa shape index (κ2) is 7.36. The molecule has 0 amide bonds. The Bertz CT molecular complexity index is 630. The van der Waals surface area contributed by atoms with Crippen molar-refractivity contribution in [1.82, 2.24) is 10.2 Å². The molecule has 0 bridgehead atoms. The summed E-state index contributed by atoms with van der Waals surface area (Å²) in [5.74, 6) is 0. The number of nitrogens with one attached hydrogen (secondary N) is 1. The van der Waals surface area contributed by atoms with Gasteiger partial charge in [0, 0.05) is 19.6 Å². The normalized spacial score (nSPS) is 18.1.